The number of ether oxygens (including phenoxy) is 2. The highest BCUT2D eigenvalue weighted by Gasteiger charge is 2.36. The molecule has 0 aliphatic carbocycles. The second-order valence-corrected chi connectivity index (χ2v) is 6.94. The van der Waals surface area contributed by atoms with E-state index in [0.717, 1.165) is 30.4 Å². The summed E-state index contributed by atoms with van der Waals surface area (Å²) in [7, 11) is 1.14. The Morgan fingerprint density at radius 3 is 2.57 bits per heavy atom. The maximum Gasteiger partial charge on any atom is 0.420 e. The molecular weight excluding hydrogens is 401 g/mol. The summed E-state index contributed by atoms with van der Waals surface area (Å²) in [5.41, 5.74) is 0.829. The molecule has 3 rings (SSSR count). The lowest BCUT2D eigenvalue weighted by Gasteiger charge is -2.34. The fourth-order valence-corrected chi connectivity index (χ4v) is 3.14. The van der Waals surface area contributed by atoms with Gasteiger partial charge in [0.05, 0.1) is 19.3 Å². The Hall–Kier alpha value is -3.07. The average Bonchev–Trinajstić information content (AvgIpc) is 2.70. The molecule has 1 heterocycles. The van der Waals surface area contributed by atoms with E-state index in [0.29, 0.717) is 0 Å². The minimum Gasteiger partial charge on any atom is -0.496 e. The van der Waals surface area contributed by atoms with Crippen molar-refractivity contribution in [1.82, 2.24) is 4.90 Å². The van der Waals surface area contributed by atoms with Crippen LogP contribution >= 0.6 is 0 Å². The van der Waals surface area contributed by atoms with Gasteiger partial charge in [-0.3, -0.25) is 9.59 Å². The Morgan fingerprint density at radius 1 is 1.23 bits per heavy atom. The number of carbonyl (C=O) groups excluding carboxylic acids is 2. The molecule has 2 aromatic rings. The summed E-state index contributed by atoms with van der Waals surface area (Å²) in [5, 5.41) is 2.45. The van der Waals surface area contributed by atoms with E-state index in [1.807, 2.05) is 31.2 Å². The third-order valence-electron chi connectivity index (χ3n) is 4.75. The second-order valence-electron chi connectivity index (χ2n) is 6.94. The zero-order valence-corrected chi connectivity index (χ0v) is 16.5. The van der Waals surface area contributed by atoms with E-state index in [1.165, 1.54) is 11.0 Å². The van der Waals surface area contributed by atoms with Gasteiger partial charge in [0.1, 0.15) is 18.4 Å². The number of halogens is 3. The summed E-state index contributed by atoms with van der Waals surface area (Å²) in [4.78, 5) is 26.5. The first kappa shape index (κ1) is 21.6. The van der Waals surface area contributed by atoms with Crippen LogP contribution in [0.15, 0.2) is 42.5 Å². The van der Waals surface area contributed by atoms with Crippen molar-refractivity contribution in [2.45, 2.75) is 25.7 Å². The van der Waals surface area contributed by atoms with Crippen molar-refractivity contribution in [2.75, 3.05) is 25.6 Å². The molecule has 30 heavy (non-hydrogen) atoms. The van der Waals surface area contributed by atoms with Crippen LogP contribution < -0.4 is 10.1 Å². The maximum atomic E-state index is 13.2. The monoisotopic (exact) mass is 422 g/mol. The molecule has 0 bridgehead atoms. The lowest BCUT2D eigenvalue weighted by atomic mass is 10.1. The molecule has 0 aromatic heterocycles. The number of nitrogens with one attached hydrogen (secondary N) is 1. The molecular formula is C21H21F3N2O4. The van der Waals surface area contributed by atoms with E-state index in [2.05, 4.69) is 5.32 Å². The Kier molecular flexibility index (Phi) is 6.31. The Morgan fingerprint density at radius 2 is 1.93 bits per heavy atom. The predicted molar refractivity (Wildman–Crippen MR) is 103 cm³/mol. The van der Waals surface area contributed by atoms with Crippen LogP contribution in [0.1, 0.15) is 16.7 Å². The Labute approximate surface area is 171 Å². The first-order valence-electron chi connectivity index (χ1n) is 9.18. The SMILES string of the molecule is COc1ccc(NC(=O)[C@@H]2COCC(=O)N2Cc2ccc(C)cc2)cc1C(F)(F)F. The van der Waals surface area contributed by atoms with Crippen LogP contribution in [0.25, 0.3) is 0 Å². The van der Waals surface area contributed by atoms with Crippen LogP contribution in [0, 0.1) is 6.92 Å². The van der Waals surface area contributed by atoms with Crippen molar-refractivity contribution >= 4 is 17.5 Å². The first-order chi connectivity index (χ1) is 14.2. The summed E-state index contributed by atoms with van der Waals surface area (Å²) in [6.07, 6.45) is -4.65. The van der Waals surface area contributed by atoms with E-state index in [9.17, 15) is 22.8 Å². The largest absolute Gasteiger partial charge is 0.496 e. The number of alkyl halides is 3. The molecule has 1 aliphatic heterocycles. The number of hydrogen-bond acceptors (Lipinski definition) is 4. The van der Waals surface area contributed by atoms with E-state index in [-0.39, 0.29) is 37.1 Å². The van der Waals surface area contributed by atoms with Crippen molar-refractivity contribution in [3.8, 4) is 5.75 Å². The quantitative estimate of drug-likeness (QED) is 0.802. The van der Waals surface area contributed by atoms with E-state index < -0.39 is 23.7 Å². The zero-order valence-electron chi connectivity index (χ0n) is 16.5. The highest BCUT2D eigenvalue weighted by atomic mass is 19.4. The molecule has 1 saturated heterocycles. The third-order valence-corrected chi connectivity index (χ3v) is 4.75. The summed E-state index contributed by atoms with van der Waals surface area (Å²) in [5.74, 6) is -1.35. The van der Waals surface area contributed by atoms with Gasteiger partial charge in [-0.2, -0.15) is 13.2 Å². The molecule has 1 fully saturated rings. The fourth-order valence-electron chi connectivity index (χ4n) is 3.14. The molecule has 9 heteroatoms. The summed E-state index contributed by atoms with van der Waals surface area (Å²) in [6.45, 7) is 1.92. The van der Waals surface area contributed by atoms with Gasteiger partial charge in [-0.25, -0.2) is 0 Å². The number of anilines is 1. The Bertz CT molecular complexity index is 929. The van der Waals surface area contributed by atoms with Gasteiger partial charge < -0.3 is 19.7 Å². The van der Waals surface area contributed by atoms with Gasteiger partial charge in [0, 0.05) is 12.2 Å². The number of carbonyl (C=O) groups is 2. The normalized spacial score (nSPS) is 17.0. The molecule has 1 N–H and O–H groups in total. The highest BCUT2D eigenvalue weighted by molar-refractivity contribution is 5.98. The lowest BCUT2D eigenvalue weighted by molar-refractivity contribution is -0.154. The van der Waals surface area contributed by atoms with E-state index in [1.54, 1.807) is 0 Å². The first-order valence-corrected chi connectivity index (χ1v) is 9.18. The number of hydrogen-bond donors (Lipinski definition) is 1. The van der Waals surface area contributed by atoms with Crippen molar-refractivity contribution in [3.05, 3.63) is 59.2 Å². The Balaban J connectivity index is 1.80. The minimum absolute atomic E-state index is 0.0499. The molecule has 0 unspecified atom stereocenters. The van der Waals surface area contributed by atoms with Crippen LogP contribution in [0.5, 0.6) is 5.75 Å². The zero-order chi connectivity index (χ0) is 21.9. The van der Waals surface area contributed by atoms with Crippen molar-refractivity contribution in [1.29, 1.82) is 0 Å². The number of methoxy groups -OCH3 is 1. The van der Waals surface area contributed by atoms with Crippen LogP contribution in [0.4, 0.5) is 18.9 Å². The number of nitrogens with zero attached hydrogens (tertiary/aromatic N) is 1. The topological polar surface area (TPSA) is 67.9 Å². The van der Waals surface area contributed by atoms with Gasteiger partial charge in [0.15, 0.2) is 0 Å². The van der Waals surface area contributed by atoms with Gasteiger partial charge in [-0.15, -0.1) is 0 Å². The number of benzene rings is 2. The van der Waals surface area contributed by atoms with Gasteiger partial charge in [0.2, 0.25) is 11.8 Å². The number of rotatable bonds is 5. The number of amides is 2. The second kappa shape index (κ2) is 8.74. The van der Waals surface area contributed by atoms with E-state index in [4.69, 9.17) is 9.47 Å². The van der Waals surface area contributed by atoms with Crippen LogP contribution in [0.2, 0.25) is 0 Å². The molecule has 0 saturated carbocycles. The molecule has 2 aromatic carbocycles. The molecule has 1 aliphatic rings. The molecule has 0 radical (unpaired) electrons. The molecule has 0 spiro atoms. The number of morpholine rings is 1. The molecule has 6 nitrogen and oxygen atoms in total. The highest BCUT2D eigenvalue weighted by Crippen LogP contribution is 2.37. The lowest BCUT2D eigenvalue weighted by Crippen LogP contribution is -2.54. The van der Waals surface area contributed by atoms with Gasteiger partial charge in [-0.1, -0.05) is 29.8 Å². The van der Waals surface area contributed by atoms with Gasteiger partial charge in [0.25, 0.3) is 0 Å². The van der Waals surface area contributed by atoms with Crippen LogP contribution in [0.3, 0.4) is 0 Å². The smallest absolute Gasteiger partial charge is 0.420 e. The van der Waals surface area contributed by atoms with Crippen molar-refractivity contribution < 1.29 is 32.2 Å². The maximum absolute atomic E-state index is 13.2. The van der Waals surface area contributed by atoms with Crippen LogP contribution in [-0.2, 0) is 27.0 Å². The van der Waals surface area contributed by atoms with Crippen LogP contribution in [-0.4, -0.2) is 43.1 Å². The van der Waals surface area contributed by atoms with Crippen molar-refractivity contribution in [3.63, 3.8) is 0 Å². The third kappa shape index (κ3) is 4.91. The van der Waals surface area contributed by atoms with Gasteiger partial charge >= 0.3 is 6.18 Å². The molecule has 160 valence electrons. The molecule has 1 atom stereocenters. The summed E-state index contributed by atoms with van der Waals surface area (Å²) >= 11 is 0. The standard InChI is InChI=1S/C21H21F3N2O4/c1-13-3-5-14(6-4-13)10-26-17(11-30-12-19(26)27)20(28)25-15-7-8-18(29-2)16(9-15)21(22,23)24/h3-9,17H,10-12H2,1-2H3,(H,25,28)/t17-/m0/s1. The van der Waals surface area contributed by atoms with Crippen molar-refractivity contribution in [2.24, 2.45) is 0 Å². The average molecular weight is 422 g/mol. The summed E-state index contributed by atoms with van der Waals surface area (Å²) < 4.78 is 49.6. The van der Waals surface area contributed by atoms with Gasteiger partial charge in [-0.05, 0) is 30.7 Å². The summed E-state index contributed by atoms with van der Waals surface area (Å²) in [6, 6.07) is 9.76. The minimum atomic E-state index is -4.65. The molecule has 2 amide bonds. The number of aryl methyl sites for hydroxylation is 1. The van der Waals surface area contributed by atoms with E-state index >= 15 is 0 Å². The predicted octanol–water partition coefficient (Wildman–Crippen LogP) is 3.39. The fraction of sp³-hybridized carbons (Fsp3) is 0.333.